The van der Waals surface area contributed by atoms with E-state index in [1.54, 1.807) is 12.4 Å². The Morgan fingerprint density at radius 2 is 0.992 bits per heavy atom. The monoisotopic (exact) mass is 2270 g/mol. The van der Waals surface area contributed by atoms with Gasteiger partial charge in [0.25, 0.3) is 0 Å². The minimum Gasteiger partial charge on any atom is -0.436 e. The average Bonchev–Trinajstić information content (AvgIpc) is 1.56. The maximum atomic E-state index is 5.74. The first-order valence-electron chi connectivity index (χ1n) is 43.3. The molecule has 133 heavy (non-hydrogen) atoms. The Morgan fingerprint density at radius 3 is 1.57 bits per heavy atom. The van der Waals surface area contributed by atoms with Crippen LogP contribution in [0.2, 0.25) is 0 Å². The van der Waals surface area contributed by atoms with Crippen LogP contribution in [0.5, 0.6) is 0 Å². The zero-order valence-electron chi connectivity index (χ0n) is 73.1. The van der Waals surface area contributed by atoms with E-state index in [4.69, 9.17) is 9.40 Å². The molecule has 19 aromatic rings. The molecule has 1 unspecified atom stereocenters. The molecule has 12 nitrogen and oxygen atoms in total. The summed E-state index contributed by atoms with van der Waals surface area (Å²) >= 11 is 0. The number of allylic oxidation sites excluding steroid dienone is 10. The zero-order chi connectivity index (χ0) is 86.2. The molecular weight excluding hydrogens is 2160 g/mol. The maximum Gasteiger partial charge on any atom is 0.226 e. The summed E-state index contributed by atoms with van der Waals surface area (Å²) in [5, 5.41) is 19.9. The van der Waals surface area contributed by atoms with E-state index in [-0.39, 0.29) is 93.9 Å². The van der Waals surface area contributed by atoms with Gasteiger partial charge in [0.2, 0.25) is 5.89 Å². The van der Waals surface area contributed by atoms with Gasteiger partial charge in [0.15, 0.2) is 5.76 Å². The summed E-state index contributed by atoms with van der Waals surface area (Å²) in [6.07, 6.45) is 39.4. The number of hydrogen-bond donors (Lipinski definition) is 3. The first-order chi connectivity index (χ1) is 62.3. The van der Waals surface area contributed by atoms with E-state index in [9.17, 15) is 0 Å². The van der Waals surface area contributed by atoms with Gasteiger partial charge in [-0.1, -0.05) is 254 Å². The Bertz CT molecular complexity index is 7470. The number of nitrogens with zero attached hydrogens (tertiary/aromatic N) is 8. The van der Waals surface area contributed by atoms with Crippen molar-refractivity contribution in [1.82, 2.24) is 44.5 Å². The number of aryl methyl sites for hydroxylation is 6. The Hall–Kier alpha value is -14.0. The van der Waals surface area contributed by atoms with E-state index in [2.05, 4.69) is 296 Å². The summed E-state index contributed by atoms with van der Waals surface area (Å²) in [6.45, 7) is 17.5. The summed E-state index contributed by atoms with van der Waals surface area (Å²) < 4.78 is 9.49. The molecule has 0 bridgehead atoms. The molecule has 0 fully saturated rings. The fourth-order valence-corrected chi connectivity index (χ4v) is 19.6. The molecule has 0 saturated heterocycles. The van der Waals surface area contributed by atoms with Crippen molar-refractivity contribution in [2.45, 2.75) is 95.4 Å². The summed E-state index contributed by atoms with van der Waals surface area (Å²) in [5.74, 6) is 1.72. The van der Waals surface area contributed by atoms with Gasteiger partial charge in [-0.05, 0) is 278 Å². The summed E-state index contributed by atoms with van der Waals surface area (Å²) in [7, 11) is 0. The van der Waals surface area contributed by atoms with Gasteiger partial charge in [-0.3, -0.25) is 15.0 Å². The van der Waals surface area contributed by atoms with Gasteiger partial charge in [-0.15, -0.1) is 0 Å². The molecule has 0 spiro atoms. The molecule has 7 aromatic heterocycles. The van der Waals surface area contributed by atoms with Gasteiger partial charge in [-0.2, -0.15) is 10.2 Å². The van der Waals surface area contributed by atoms with Crippen LogP contribution >= 0.6 is 0 Å². The van der Waals surface area contributed by atoms with E-state index in [1.807, 2.05) is 180 Å². The van der Waals surface area contributed by atoms with Crippen LogP contribution in [0.25, 0.3) is 117 Å². The van der Waals surface area contributed by atoms with Crippen LogP contribution in [0.1, 0.15) is 137 Å². The van der Waals surface area contributed by atoms with Crippen molar-refractivity contribution >= 4 is 83.9 Å². The molecule has 0 amide bonds. The fraction of sp³-hybridized carbons (Fsp3) is 0.119. The van der Waals surface area contributed by atoms with E-state index in [1.165, 1.54) is 166 Å². The molecule has 3 N–H and O–H groups in total. The Kier molecular flexibility index (Phi) is 29.5. The summed E-state index contributed by atoms with van der Waals surface area (Å²) in [4.78, 5) is 28.6. The Labute approximate surface area is 819 Å². The standard InChI is InChI=1S/C37H22N2.C18H16N2.2C18H18N2.C15H11NO.C9H8N2.3CH4.3Ir/c1-3-9-24-22(7-1)26-11-5-13-28-34-20(15-30(24)36(26)28)18-38-32(34)17-33-35-21(19-39-33)16-31-25-10-4-2-8-23(25)27-12-6-14-29(35)37(27)31;1-18(2)16-7-4-3-6-14(16)15-12-13(8-9-17(15)18)20-11-5-10-19-20;2*1-12-10-13(2)17(14(3)11-12)18(15-6-4-8-19-15)16-7-5-9-20-16;1-3-7-12(8-4-1)14-11-16-15(17-14)13-9-5-2-6-10-13;1-2-5-9(6-3-1)11-8-4-7-10-11;;;;;;/h1-15,17-19,29,39H,16H2;3-12H,1-2H3;2*4-11,19H,1-3H3;1-11H;1-8H;3*1H4;;;/b;;2*18-16+;;;;;;;;. The van der Waals surface area contributed by atoms with Gasteiger partial charge >= 0.3 is 0 Å². The number of aromatic amines is 3. The van der Waals surface area contributed by atoms with E-state index < -0.39 is 0 Å². The van der Waals surface area contributed by atoms with Gasteiger partial charge in [-0.25, -0.2) is 14.3 Å². The van der Waals surface area contributed by atoms with Crippen molar-refractivity contribution in [3.05, 3.63) is 483 Å². The molecular formula is C118H105Ir3N11O. The number of H-pyrrole nitrogens is 3. The van der Waals surface area contributed by atoms with Crippen LogP contribution in [0.4, 0.5) is 0 Å². The average molecular weight is 2270 g/mol. The second kappa shape index (κ2) is 41.2. The topological polar surface area (TPSA) is 147 Å². The number of hydrogen-bond acceptors (Lipinski definition) is 7. The Balaban J connectivity index is 0.000000133. The van der Waals surface area contributed by atoms with Gasteiger partial charge in [0.1, 0.15) is 0 Å². The minimum absolute atomic E-state index is 0. The van der Waals surface area contributed by atoms with Crippen molar-refractivity contribution in [3.8, 4) is 45.3 Å². The first kappa shape index (κ1) is 95.1. The number of benzene rings is 11. The minimum atomic E-state index is 0. The normalized spacial score (nSPS) is 14.5. The van der Waals surface area contributed by atoms with Gasteiger partial charge in [0, 0.05) is 190 Å². The smallest absolute Gasteiger partial charge is 0.226 e. The molecule has 12 aromatic carbocycles. The van der Waals surface area contributed by atoms with Crippen LogP contribution in [0, 0.1) is 41.5 Å². The maximum absolute atomic E-state index is 5.74. The third-order valence-electron chi connectivity index (χ3n) is 25.0. The van der Waals surface area contributed by atoms with Crippen LogP contribution in [-0.4, -0.2) is 56.9 Å². The molecule has 0 saturated carbocycles. The predicted octanol–water partition coefficient (Wildman–Crippen LogP) is 28.7. The summed E-state index contributed by atoms with van der Waals surface area (Å²) in [5.41, 5.74) is 37.8. The molecule has 15 heteroatoms. The van der Waals surface area contributed by atoms with Crippen LogP contribution in [0.15, 0.2) is 397 Å². The summed E-state index contributed by atoms with van der Waals surface area (Å²) in [6, 6.07) is 93.0. The zero-order valence-corrected chi connectivity index (χ0v) is 80.3. The molecule has 9 heterocycles. The van der Waals surface area contributed by atoms with E-state index in [0.29, 0.717) is 5.89 Å². The van der Waals surface area contributed by atoms with Crippen LogP contribution in [-0.2, 0) is 72.2 Å². The number of fused-ring (bicyclic) bond motifs is 13. The molecule has 25 rings (SSSR count). The number of para-hydroxylation sites is 1. The quantitative estimate of drug-likeness (QED) is 0.132. The number of rotatable bonds is 9. The molecule has 3 radical (unpaired) electrons. The van der Waals surface area contributed by atoms with Crippen LogP contribution in [0.3, 0.4) is 0 Å². The molecule has 1 atom stereocenters. The SMILES string of the molecule is C.C.C.C1=CC2C3=C(Cc4c[nH]c(C=c5ncc6cc7c8ccccc8c8cccc(c56)c87)c42)c2ccccc2C3=C1.CC1(C)c2ccccc2-c2cc(-n3cccn3)ccc21.Cc1cc(C)c(/C(=C2\C=CC=N2)c2ccc[nH]2)c(C)c1.Cc1cc(C)c(/C(=C2\C=CC=N2)c2ccc[nH]2)c(C)c1.[Ir].[Ir].[Ir].c1ccc(-c2cnc(-c3ccccc3)o2)cc1.c1ccc(-n2cccn2)cc1. The van der Waals surface area contributed by atoms with E-state index in [0.717, 1.165) is 62.8 Å². The number of oxazole rings is 1. The van der Waals surface area contributed by atoms with E-state index >= 15 is 0 Å². The Morgan fingerprint density at radius 1 is 0.459 bits per heavy atom. The van der Waals surface area contributed by atoms with Crippen molar-refractivity contribution in [2.75, 3.05) is 0 Å². The number of aromatic nitrogens is 9. The number of aliphatic imine (C=N–C) groups is 2. The third kappa shape index (κ3) is 18.5. The van der Waals surface area contributed by atoms with Crippen LogP contribution < -0.4 is 5.35 Å². The van der Waals surface area contributed by atoms with Crippen molar-refractivity contribution in [2.24, 2.45) is 9.98 Å². The van der Waals surface area contributed by atoms with Gasteiger partial charge in [0.05, 0.1) is 34.3 Å². The second-order valence-corrected chi connectivity index (χ2v) is 33.6. The van der Waals surface area contributed by atoms with Crippen molar-refractivity contribution < 1.29 is 64.7 Å². The first-order valence-corrected chi connectivity index (χ1v) is 43.3. The molecule has 4 aliphatic carbocycles. The van der Waals surface area contributed by atoms with Crippen molar-refractivity contribution in [1.29, 1.82) is 0 Å². The van der Waals surface area contributed by atoms with Gasteiger partial charge < -0.3 is 19.4 Å². The molecule has 2 aliphatic heterocycles. The second-order valence-electron chi connectivity index (χ2n) is 33.6. The predicted molar refractivity (Wildman–Crippen MR) is 544 cm³/mol. The largest absolute Gasteiger partial charge is 0.436 e. The van der Waals surface area contributed by atoms with Crippen molar-refractivity contribution in [3.63, 3.8) is 0 Å². The number of nitrogens with one attached hydrogen (secondary N) is 3. The fourth-order valence-electron chi connectivity index (χ4n) is 19.6. The third-order valence-corrected chi connectivity index (χ3v) is 25.0. The molecule has 6 aliphatic rings. The molecule has 665 valence electrons.